The number of carbonyl (C=O) groups is 2. The number of amides is 1. The molecule has 0 saturated heterocycles. The average molecular weight is 415 g/mol. The van der Waals surface area contributed by atoms with Crippen LogP contribution in [0.5, 0.6) is 0 Å². The van der Waals surface area contributed by atoms with Crippen LogP contribution in [-0.2, 0) is 11.2 Å². The highest BCUT2D eigenvalue weighted by Gasteiger charge is 2.37. The summed E-state index contributed by atoms with van der Waals surface area (Å²) in [6.07, 6.45) is 6.67. The molecule has 31 heavy (non-hydrogen) atoms. The first-order valence-electron chi connectivity index (χ1n) is 10.9. The maximum Gasteiger partial charge on any atom is 0.226 e. The van der Waals surface area contributed by atoms with E-state index in [-0.39, 0.29) is 24.0 Å². The maximum absolute atomic E-state index is 13.3. The molecule has 0 radical (unpaired) electrons. The Balaban J connectivity index is 1.50. The monoisotopic (exact) mass is 414 g/mol. The maximum atomic E-state index is 13.3. The molecule has 2 aliphatic rings. The predicted molar refractivity (Wildman–Crippen MR) is 120 cm³/mol. The first-order valence-corrected chi connectivity index (χ1v) is 10.9. The Bertz CT molecular complexity index is 1100. The quantitative estimate of drug-likeness (QED) is 0.625. The zero-order valence-electron chi connectivity index (χ0n) is 17.6. The van der Waals surface area contributed by atoms with Crippen LogP contribution in [0.15, 0.2) is 54.9 Å². The number of Topliss-reactive ketones (excluding diaryl/α,β-unsaturated/α-hetero) is 1. The van der Waals surface area contributed by atoms with Gasteiger partial charge in [-0.05, 0) is 43.0 Å². The molecule has 2 heterocycles. The summed E-state index contributed by atoms with van der Waals surface area (Å²) in [4.78, 5) is 35.7. The number of aromatic amines is 1. The first kappa shape index (κ1) is 19.5. The number of carbonyl (C=O) groups excluding carboxylic acids is 2. The number of H-pyrrole nitrogens is 1. The van der Waals surface area contributed by atoms with Gasteiger partial charge in [0.25, 0.3) is 0 Å². The Morgan fingerprint density at radius 2 is 1.87 bits per heavy atom. The number of nitrogens with zero attached hydrogens (tertiary/aromatic N) is 2. The topological polar surface area (TPSA) is 78.1 Å². The standard InChI is InChI=1S/C25H26N4O2/c1-29(15-16-7-8-16)25(31)18-13-20-22(21(30)14-18)24(27-19-5-3-2-4-6-19)23(28-20)17-9-11-26-12-10-17/h2-6,9-12,16,18,27-28H,7-8,13-15H2,1H3. The van der Waals surface area contributed by atoms with Crippen molar-refractivity contribution in [3.8, 4) is 11.3 Å². The lowest BCUT2D eigenvalue weighted by Crippen LogP contribution is -2.38. The van der Waals surface area contributed by atoms with Crippen molar-refractivity contribution >= 4 is 23.1 Å². The number of rotatable bonds is 6. The molecular formula is C25H26N4O2. The van der Waals surface area contributed by atoms with Crippen LogP contribution in [0.4, 0.5) is 11.4 Å². The molecule has 2 aliphatic carbocycles. The van der Waals surface area contributed by atoms with Gasteiger partial charge in [0.2, 0.25) is 5.91 Å². The van der Waals surface area contributed by atoms with Crippen molar-refractivity contribution in [2.75, 3.05) is 18.9 Å². The summed E-state index contributed by atoms with van der Waals surface area (Å²) in [7, 11) is 1.86. The van der Waals surface area contributed by atoms with Crippen LogP contribution in [-0.4, -0.2) is 40.2 Å². The Morgan fingerprint density at radius 3 is 2.58 bits per heavy atom. The van der Waals surface area contributed by atoms with Crippen molar-refractivity contribution in [3.63, 3.8) is 0 Å². The molecule has 1 saturated carbocycles. The van der Waals surface area contributed by atoms with Gasteiger partial charge < -0.3 is 15.2 Å². The fraction of sp³-hybridized carbons (Fsp3) is 0.320. The van der Waals surface area contributed by atoms with Gasteiger partial charge in [-0.2, -0.15) is 0 Å². The smallest absolute Gasteiger partial charge is 0.226 e. The first-order chi connectivity index (χ1) is 15.1. The molecule has 2 aromatic heterocycles. The molecule has 0 spiro atoms. The van der Waals surface area contributed by atoms with E-state index in [1.165, 1.54) is 12.8 Å². The summed E-state index contributed by atoms with van der Waals surface area (Å²) >= 11 is 0. The SMILES string of the molecule is CN(CC1CC1)C(=O)C1CC(=O)c2c([nH]c(-c3ccncc3)c2Nc2ccccc2)C1. The van der Waals surface area contributed by atoms with E-state index in [0.717, 1.165) is 34.9 Å². The number of nitrogens with one attached hydrogen (secondary N) is 2. The highest BCUT2D eigenvalue weighted by molar-refractivity contribution is 6.09. The summed E-state index contributed by atoms with van der Waals surface area (Å²) in [6, 6.07) is 13.7. The Morgan fingerprint density at radius 1 is 1.13 bits per heavy atom. The molecule has 2 N–H and O–H groups in total. The Hall–Kier alpha value is -3.41. The summed E-state index contributed by atoms with van der Waals surface area (Å²) in [5, 5.41) is 3.44. The van der Waals surface area contributed by atoms with Crippen LogP contribution in [0, 0.1) is 11.8 Å². The van der Waals surface area contributed by atoms with Crippen molar-refractivity contribution in [1.82, 2.24) is 14.9 Å². The van der Waals surface area contributed by atoms with Crippen molar-refractivity contribution < 1.29 is 9.59 Å². The van der Waals surface area contributed by atoms with Gasteiger partial charge in [-0.15, -0.1) is 0 Å². The molecule has 1 aromatic carbocycles. The van der Waals surface area contributed by atoms with Gasteiger partial charge in [-0.1, -0.05) is 18.2 Å². The largest absolute Gasteiger partial charge is 0.356 e. The predicted octanol–water partition coefficient (Wildman–Crippen LogP) is 4.43. The number of hydrogen-bond donors (Lipinski definition) is 2. The van der Waals surface area contributed by atoms with Gasteiger partial charge in [0, 0.05) is 55.8 Å². The van der Waals surface area contributed by atoms with Crippen LogP contribution < -0.4 is 5.32 Å². The van der Waals surface area contributed by atoms with Gasteiger partial charge in [0.1, 0.15) is 0 Å². The third-order valence-electron chi connectivity index (χ3n) is 6.21. The third kappa shape index (κ3) is 3.98. The van der Waals surface area contributed by atoms with E-state index < -0.39 is 0 Å². The number of para-hydroxylation sites is 1. The van der Waals surface area contributed by atoms with Gasteiger partial charge in [-0.25, -0.2) is 0 Å². The Labute approximate surface area is 181 Å². The number of hydrogen-bond acceptors (Lipinski definition) is 4. The van der Waals surface area contributed by atoms with E-state index in [1.54, 1.807) is 12.4 Å². The van der Waals surface area contributed by atoms with E-state index in [4.69, 9.17) is 0 Å². The van der Waals surface area contributed by atoms with Crippen LogP contribution in [0.3, 0.4) is 0 Å². The molecule has 1 fully saturated rings. The third-order valence-corrected chi connectivity index (χ3v) is 6.21. The molecule has 158 valence electrons. The molecular weight excluding hydrogens is 388 g/mol. The summed E-state index contributed by atoms with van der Waals surface area (Å²) in [5.41, 5.74) is 4.99. The molecule has 1 unspecified atom stereocenters. The molecule has 0 aliphatic heterocycles. The van der Waals surface area contributed by atoms with Gasteiger partial charge in [0.05, 0.1) is 22.9 Å². The van der Waals surface area contributed by atoms with E-state index in [2.05, 4.69) is 15.3 Å². The minimum Gasteiger partial charge on any atom is -0.356 e. The highest BCUT2D eigenvalue weighted by Crippen LogP contribution is 2.40. The number of fused-ring (bicyclic) bond motifs is 1. The average Bonchev–Trinajstić information content (AvgIpc) is 3.53. The summed E-state index contributed by atoms with van der Waals surface area (Å²) < 4.78 is 0. The van der Waals surface area contributed by atoms with Crippen LogP contribution in [0.25, 0.3) is 11.3 Å². The van der Waals surface area contributed by atoms with Crippen LogP contribution >= 0.6 is 0 Å². The molecule has 6 nitrogen and oxygen atoms in total. The van der Waals surface area contributed by atoms with Crippen molar-refractivity contribution in [1.29, 1.82) is 0 Å². The number of anilines is 2. The second-order valence-electron chi connectivity index (χ2n) is 8.65. The number of benzene rings is 1. The fourth-order valence-electron chi connectivity index (χ4n) is 4.45. The second kappa shape index (κ2) is 8.02. The molecule has 1 amide bonds. The number of pyridine rings is 1. The zero-order chi connectivity index (χ0) is 21.4. The van der Waals surface area contributed by atoms with Gasteiger partial charge >= 0.3 is 0 Å². The van der Waals surface area contributed by atoms with Crippen molar-refractivity contribution in [3.05, 3.63) is 66.1 Å². The van der Waals surface area contributed by atoms with E-state index in [1.807, 2.05) is 54.4 Å². The molecule has 1 atom stereocenters. The molecule has 6 heteroatoms. The molecule has 0 bridgehead atoms. The van der Waals surface area contributed by atoms with Gasteiger partial charge in [-0.3, -0.25) is 14.6 Å². The summed E-state index contributed by atoms with van der Waals surface area (Å²) in [5.74, 6) is 0.407. The minimum atomic E-state index is -0.308. The zero-order valence-corrected chi connectivity index (χ0v) is 17.6. The summed E-state index contributed by atoms with van der Waals surface area (Å²) in [6.45, 7) is 0.796. The van der Waals surface area contributed by atoms with Crippen LogP contribution in [0.1, 0.15) is 35.3 Å². The van der Waals surface area contributed by atoms with Crippen molar-refractivity contribution in [2.24, 2.45) is 11.8 Å². The second-order valence-corrected chi connectivity index (χ2v) is 8.65. The molecule has 5 rings (SSSR count). The fourth-order valence-corrected chi connectivity index (χ4v) is 4.45. The van der Waals surface area contributed by atoms with Crippen LogP contribution in [0.2, 0.25) is 0 Å². The normalized spacial score (nSPS) is 17.8. The Kier molecular flexibility index (Phi) is 5.06. The number of ketones is 1. The molecule has 3 aromatic rings. The lowest BCUT2D eigenvalue weighted by molar-refractivity contribution is -0.134. The van der Waals surface area contributed by atoms with E-state index >= 15 is 0 Å². The lowest BCUT2D eigenvalue weighted by atomic mass is 9.85. The number of aromatic nitrogens is 2. The minimum absolute atomic E-state index is 0.00871. The van der Waals surface area contributed by atoms with Crippen molar-refractivity contribution in [2.45, 2.75) is 25.7 Å². The highest BCUT2D eigenvalue weighted by atomic mass is 16.2. The van der Waals surface area contributed by atoms with E-state index in [0.29, 0.717) is 17.9 Å². The lowest BCUT2D eigenvalue weighted by Gasteiger charge is -2.26. The van der Waals surface area contributed by atoms with Gasteiger partial charge in [0.15, 0.2) is 5.78 Å². The van der Waals surface area contributed by atoms with E-state index in [9.17, 15) is 9.59 Å².